The number of rotatable bonds is 21. The molecular formula is C34H66ClN3. The van der Waals surface area contributed by atoms with E-state index >= 15 is 0 Å². The summed E-state index contributed by atoms with van der Waals surface area (Å²) in [6.45, 7) is 15.3. The van der Waals surface area contributed by atoms with Gasteiger partial charge in [-0.05, 0) is 24.7 Å². The van der Waals surface area contributed by atoms with Crippen molar-refractivity contribution in [2.24, 2.45) is 11.8 Å². The fourth-order valence-corrected chi connectivity index (χ4v) is 5.53. The van der Waals surface area contributed by atoms with Crippen LogP contribution < -0.4 is 22.3 Å². The predicted molar refractivity (Wildman–Crippen MR) is 164 cm³/mol. The zero-order chi connectivity index (χ0) is 26.8. The van der Waals surface area contributed by atoms with Gasteiger partial charge in [-0.2, -0.15) is 0 Å². The van der Waals surface area contributed by atoms with Gasteiger partial charge in [-0.25, -0.2) is 4.57 Å². The van der Waals surface area contributed by atoms with Crippen molar-refractivity contribution < 1.29 is 17.0 Å². The van der Waals surface area contributed by atoms with Crippen LogP contribution >= 0.6 is 0 Å². The summed E-state index contributed by atoms with van der Waals surface area (Å²) in [7, 11) is 0. The lowest BCUT2D eigenvalue weighted by atomic mass is 9.98. The highest BCUT2D eigenvalue weighted by molar-refractivity contribution is 4.83. The van der Waals surface area contributed by atoms with Gasteiger partial charge in [0.15, 0.2) is 12.4 Å². The van der Waals surface area contributed by atoms with Gasteiger partial charge in [0.25, 0.3) is 0 Å². The van der Waals surface area contributed by atoms with Crippen LogP contribution in [-0.2, 0) is 6.54 Å². The van der Waals surface area contributed by atoms with E-state index < -0.39 is 0 Å². The third-order valence-corrected chi connectivity index (χ3v) is 8.00. The monoisotopic (exact) mass is 551 g/mol. The second-order valence-corrected chi connectivity index (χ2v) is 11.9. The van der Waals surface area contributed by atoms with Crippen molar-refractivity contribution in [2.75, 3.05) is 26.3 Å². The van der Waals surface area contributed by atoms with E-state index in [0.717, 1.165) is 18.5 Å². The fourth-order valence-electron chi connectivity index (χ4n) is 5.53. The maximum Gasteiger partial charge on any atom is 0.168 e. The quantitative estimate of drug-likeness (QED) is 0.146. The summed E-state index contributed by atoms with van der Waals surface area (Å²) in [6.07, 6.45) is 29.9. The number of halogens is 1. The van der Waals surface area contributed by atoms with Gasteiger partial charge in [0, 0.05) is 44.9 Å². The minimum atomic E-state index is 0. The molecule has 0 bridgehead atoms. The van der Waals surface area contributed by atoms with Gasteiger partial charge in [0.1, 0.15) is 6.54 Å². The molecule has 2 heterocycles. The van der Waals surface area contributed by atoms with Crippen molar-refractivity contribution in [3.05, 3.63) is 30.6 Å². The Morgan fingerprint density at radius 2 is 1.26 bits per heavy atom. The Labute approximate surface area is 245 Å². The minimum Gasteiger partial charge on any atom is -1.00 e. The Morgan fingerprint density at radius 3 is 1.76 bits per heavy atom. The molecule has 0 radical (unpaired) electrons. The molecule has 0 spiro atoms. The smallest absolute Gasteiger partial charge is 0.168 e. The van der Waals surface area contributed by atoms with Gasteiger partial charge in [-0.3, -0.25) is 4.90 Å². The molecule has 1 aromatic rings. The molecule has 2 unspecified atom stereocenters. The molecule has 1 aromatic heterocycles. The lowest BCUT2D eigenvalue weighted by Gasteiger charge is -2.34. The van der Waals surface area contributed by atoms with E-state index in [9.17, 15) is 0 Å². The van der Waals surface area contributed by atoms with Crippen LogP contribution in [0.4, 0.5) is 0 Å². The molecule has 0 amide bonds. The largest absolute Gasteiger partial charge is 1.00 e. The summed E-state index contributed by atoms with van der Waals surface area (Å²) in [5.41, 5.74) is 0. The molecule has 1 N–H and O–H groups in total. The lowest BCUT2D eigenvalue weighted by Crippen LogP contribution is -3.00. The van der Waals surface area contributed by atoms with E-state index in [4.69, 9.17) is 0 Å². The molecular weight excluding hydrogens is 486 g/mol. The molecule has 2 atom stereocenters. The van der Waals surface area contributed by atoms with Gasteiger partial charge in [0.05, 0.1) is 0 Å². The van der Waals surface area contributed by atoms with E-state index in [0.29, 0.717) is 0 Å². The predicted octanol–water partition coefficient (Wildman–Crippen LogP) is 6.16. The van der Waals surface area contributed by atoms with Crippen LogP contribution in [0.1, 0.15) is 143 Å². The second kappa shape index (κ2) is 27.9. The van der Waals surface area contributed by atoms with Crippen LogP contribution in [0, 0.1) is 11.8 Å². The molecule has 1 aliphatic rings. The Balaban J connectivity index is 0.000000750. The number of aryl methyl sites for hydroxylation is 1. The van der Waals surface area contributed by atoms with Crippen LogP contribution in [0.15, 0.2) is 30.6 Å². The number of pyridine rings is 1. The van der Waals surface area contributed by atoms with Crippen molar-refractivity contribution in [2.45, 2.75) is 150 Å². The highest BCUT2D eigenvalue weighted by atomic mass is 35.5. The van der Waals surface area contributed by atoms with Gasteiger partial charge in [-0.1, -0.05) is 130 Å². The third-order valence-electron chi connectivity index (χ3n) is 8.00. The third kappa shape index (κ3) is 22.2. The molecule has 3 nitrogen and oxygen atoms in total. The number of hydrogen-bond acceptors (Lipinski definition) is 2. The Morgan fingerprint density at radius 1 is 0.737 bits per heavy atom. The van der Waals surface area contributed by atoms with E-state index in [1.807, 2.05) is 0 Å². The fraction of sp³-hybridized carbons (Fsp3) is 0.853. The van der Waals surface area contributed by atoms with E-state index in [2.05, 4.69) is 73.1 Å². The topological polar surface area (TPSA) is 19.1 Å². The van der Waals surface area contributed by atoms with Crippen molar-refractivity contribution in [3.63, 3.8) is 0 Å². The Kier molecular flexibility index (Phi) is 27.4. The summed E-state index contributed by atoms with van der Waals surface area (Å²) < 4.78 is 2.29. The van der Waals surface area contributed by atoms with E-state index in [1.54, 1.807) is 0 Å². The molecule has 1 aliphatic heterocycles. The highest BCUT2D eigenvalue weighted by Crippen LogP contribution is 2.16. The first-order valence-electron chi connectivity index (χ1n) is 16.6. The van der Waals surface area contributed by atoms with Crippen LogP contribution in [0.25, 0.3) is 0 Å². The summed E-state index contributed by atoms with van der Waals surface area (Å²) in [5, 5.41) is 3.50. The molecule has 1 fully saturated rings. The molecule has 224 valence electrons. The number of nitrogens with one attached hydrogen (secondary N) is 1. The zero-order valence-corrected chi connectivity index (χ0v) is 26.8. The first kappa shape index (κ1) is 37.4. The van der Waals surface area contributed by atoms with Crippen LogP contribution in [0.2, 0.25) is 0 Å². The summed E-state index contributed by atoms with van der Waals surface area (Å²) in [5.74, 6) is 1.74. The Bertz CT molecular complexity index is 582. The normalized spacial score (nSPS) is 16.4. The van der Waals surface area contributed by atoms with Crippen molar-refractivity contribution in [1.82, 2.24) is 10.2 Å². The lowest BCUT2D eigenvalue weighted by molar-refractivity contribution is -0.697. The highest BCUT2D eigenvalue weighted by Gasteiger charge is 2.18. The molecule has 1 saturated heterocycles. The maximum atomic E-state index is 3.50. The SMILES string of the molecule is CCCCC(CC)CN1CNCC(C)C1.CCCCCCCCCCCCCCCC[n+]1ccccc1.[Cl-]. The molecule has 0 saturated carbocycles. The van der Waals surface area contributed by atoms with Crippen LogP contribution in [-0.4, -0.2) is 31.2 Å². The summed E-state index contributed by atoms with van der Waals surface area (Å²) in [6, 6.07) is 6.31. The summed E-state index contributed by atoms with van der Waals surface area (Å²) >= 11 is 0. The first-order chi connectivity index (χ1) is 18.2. The second-order valence-electron chi connectivity index (χ2n) is 11.9. The average Bonchev–Trinajstić information content (AvgIpc) is 2.92. The summed E-state index contributed by atoms with van der Waals surface area (Å²) in [4.78, 5) is 2.60. The first-order valence-corrected chi connectivity index (χ1v) is 16.6. The molecule has 0 aromatic carbocycles. The molecule has 38 heavy (non-hydrogen) atoms. The van der Waals surface area contributed by atoms with Gasteiger partial charge in [0.2, 0.25) is 0 Å². The van der Waals surface area contributed by atoms with Gasteiger partial charge in [-0.15, -0.1) is 0 Å². The zero-order valence-electron chi connectivity index (χ0n) is 26.1. The maximum absolute atomic E-state index is 3.50. The number of hydrogen-bond donors (Lipinski definition) is 1. The van der Waals surface area contributed by atoms with E-state index in [1.165, 1.54) is 142 Å². The molecule has 0 aliphatic carbocycles. The number of nitrogens with zero attached hydrogens (tertiary/aromatic N) is 2. The van der Waals surface area contributed by atoms with Gasteiger partial charge >= 0.3 is 0 Å². The molecule has 2 rings (SSSR count). The number of unbranched alkanes of at least 4 members (excludes halogenated alkanes) is 14. The van der Waals surface area contributed by atoms with Crippen LogP contribution in [0.5, 0.6) is 0 Å². The van der Waals surface area contributed by atoms with Crippen LogP contribution in [0.3, 0.4) is 0 Å². The average molecular weight is 552 g/mol. The van der Waals surface area contributed by atoms with Crippen molar-refractivity contribution >= 4 is 0 Å². The van der Waals surface area contributed by atoms with E-state index in [-0.39, 0.29) is 12.4 Å². The Hall–Kier alpha value is -0.640. The number of aromatic nitrogens is 1. The molecule has 4 heteroatoms. The minimum absolute atomic E-state index is 0. The van der Waals surface area contributed by atoms with Crippen molar-refractivity contribution in [3.8, 4) is 0 Å². The standard InChI is InChI=1S/C21H38N.C13H28N2.ClH/c1-2-3-4-5-6-7-8-9-10-11-12-13-14-16-19-22-20-17-15-18-21-22;1-4-6-7-13(5-2)10-15-9-12(3)8-14-11-15;/h15,17-18,20-21H,2-14,16,19H2,1H3;12-14H,4-11H2,1-3H3;1H/q+1;;/p-1. The van der Waals surface area contributed by atoms with Gasteiger partial charge < -0.3 is 17.7 Å². The van der Waals surface area contributed by atoms with Crippen molar-refractivity contribution in [1.29, 1.82) is 0 Å².